The molecule has 1 saturated heterocycles. The number of ether oxygens (including phenoxy) is 2. The highest BCUT2D eigenvalue weighted by atomic mass is 32.5. The normalized spacial score (nSPS) is 24.7. The smallest absolute Gasteiger partial charge is 0.324 e. The zero-order valence-corrected chi connectivity index (χ0v) is 18.0. The molecule has 2 aromatic heterocycles. The lowest BCUT2D eigenvalue weighted by Gasteiger charge is -2.21. The van der Waals surface area contributed by atoms with Crippen molar-refractivity contribution in [1.29, 1.82) is 0 Å². The van der Waals surface area contributed by atoms with Crippen LogP contribution in [0.25, 0.3) is 11.2 Å². The molecular formula is C16H26N5O5PS. The molecule has 1 aliphatic heterocycles. The average molecular weight is 431 g/mol. The van der Waals surface area contributed by atoms with Gasteiger partial charge in [-0.3, -0.25) is 4.57 Å². The number of aromatic nitrogens is 4. The lowest BCUT2D eigenvalue weighted by Crippen LogP contribution is -2.17. The van der Waals surface area contributed by atoms with Crippen LogP contribution in [0.2, 0.25) is 0 Å². The molecule has 1 aliphatic rings. The summed E-state index contributed by atoms with van der Waals surface area (Å²) in [5.74, 6) is 0.608. The third-order valence-electron chi connectivity index (χ3n) is 4.18. The van der Waals surface area contributed by atoms with Crippen molar-refractivity contribution in [1.82, 2.24) is 19.5 Å². The van der Waals surface area contributed by atoms with Gasteiger partial charge < -0.3 is 29.1 Å². The van der Waals surface area contributed by atoms with E-state index < -0.39 is 6.72 Å². The Balaban J connectivity index is 1.75. The Bertz CT molecular complexity index is 878. The summed E-state index contributed by atoms with van der Waals surface area (Å²) >= 11 is 5.02. The molecule has 0 radical (unpaired) electrons. The Morgan fingerprint density at radius 3 is 2.89 bits per heavy atom. The molecule has 28 heavy (non-hydrogen) atoms. The standard InChI is InChI=1S/C16H26N5O5PS/c1-5-23-14-12-13(19-16(17)20-14)21(8-18-12)15-10(4)6-11(25-15)7-24-27(22,28)26-9(2)3/h8-11,15H,5-7H2,1-4H3,(H,22,28)(H2,17,19,20). The molecule has 0 amide bonds. The molecule has 0 saturated carbocycles. The second kappa shape index (κ2) is 8.56. The maximum atomic E-state index is 10.1. The molecule has 0 spiro atoms. The van der Waals surface area contributed by atoms with Crippen molar-refractivity contribution in [2.75, 3.05) is 18.9 Å². The molecule has 4 unspecified atom stereocenters. The molecule has 0 aliphatic carbocycles. The van der Waals surface area contributed by atoms with E-state index >= 15 is 0 Å². The predicted molar refractivity (Wildman–Crippen MR) is 107 cm³/mol. The van der Waals surface area contributed by atoms with E-state index in [4.69, 9.17) is 36.1 Å². The third-order valence-corrected chi connectivity index (χ3v) is 5.92. The van der Waals surface area contributed by atoms with Gasteiger partial charge in [-0.2, -0.15) is 9.97 Å². The fourth-order valence-electron chi connectivity index (χ4n) is 3.17. The van der Waals surface area contributed by atoms with E-state index in [9.17, 15) is 4.89 Å². The van der Waals surface area contributed by atoms with Gasteiger partial charge in [0.1, 0.15) is 6.23 Å². The number of fused-ring (bicyclic) bond motifs is 1. The first-order valence-electron chi connectivity index (χ1n) is 9.14. The van der Waals surface area contributed by atoms with Gasteiger partial charge in [0.25, 0.3) is 0 Å². The Hall–Kier alpha value is -1.36. The summed E-state index contributed by atoms with van der Waals surface area (Å²) in [5.41, 5.74) is 6.90. The van der Waals surface area contributed by atoms with Gasteiger partial charge in [0.15, 0.2) is 11.2 Å². The van der Waals surface area contributed by atoms with Crippen LogP contribution < -0.4 is 10.5 Å². The fraction of sp³-hybridized carbons (Fsp3) is 0.688. The highest BCUT2D eigenvalue weighted by molar-refractivity contribution is 8.07. The summed E-state index contributed by atoms with van der Waals surface area (Å²) in [6.45, 7) is 4.81. The molecule has 4 atom stereocenters. The molecule has 1 fully saturated rings. The van der Waals surface area contributed by atoms with Crippen LogP contribution in [0.5, 0.6) is 5.88 Å². The largest absolute Gasteiger partial charge is 0.476 e. The van der Waals surface area contributed by atoms with Crippen LogP contribution in [0.1, 0.15) is 40.3 Å². The number of nitrogens with zero attached hydrogens (tertiary/aromatic N) is 4. The number of anilines is 1. The monoisotopic (exact) mass is 431 g/mol. The predicted octanol–water partition coefficient (Wildman–Crippen LogP) is 2.39. The summed E-state index contributed by atoms with van der Waals surface area (Å²) < 4.78 is 24.2. The first-order valence-corrected chi connectivity index (χ1v) is 11.7. The van der Waals surface area contributed by atoms with Gasteiger partial charge in [-0.05, 0) is 39.0 Å². The Labute approximate surface area is 168 Å². The molecule has 0 aromatic carbocycles. The molecule has 10 nitrogen and oxygen atoms in total. The van der Waals surface area contributed by atoms with E-state index in [1.807, 2.05) is 11.5 Å². The van der Waals surface area contributed by atoms with E-state index in [1.165, 1.54) is 0 Å². The second-order valence-corrected chi connectivity index (χ2v) is 9.71. The van der Waals surface area contributed by atoms with Gasteiger partial charge in [-0.15, -0.1) is 0 Å². The molecule has 156 valence electrons. The van der Waals surface area contributed by atoms with Crippen molar-refractivity contribution >= 4 is 35.6 Å². The SMILES string of the molecule is CCOc1nc(N)nc2c1ncn2C1OC(COP(O)(=S)OC(C)C)CC1C. The molecular weight excluding hydrogens is 405 g/mol. The second-order valence-electron chi connectivity index (χ2n) is 6.92. The van der Waals surface area contributed by atoms with Crippen LogP contribution >= 0.6 is 6.72 Å². The quantitative estimate of drug-likeness (QED) is 0.602. The molecule has 3 rings (SSSR count). The maximum absolute atomic E-state index is 10.1. The molecule has 3 heterocycles. The Morgan fingerprint density at radius 1 is 1.46 bits per heavy atom. The van der Waals surface area contributed by atoms with E-state index in [1.54, 1.807) is 20.2 Å². The van der Waals surface area contributed by atoms with E-state index in [-0.39, 0.29) is 36.9 Å². The molecule has 12 heteroatoms. The summed E-state index contributed by atoms with van der Waals surface area (Å²) in [6.07, 6.45) is 1.59. The Kier molecular flexibility index (Phi) is 6.53. The lowest BCUT2D eigenvalue weighted by atomic mass is 10.1. The number of imidazole rings is 1. The molecule has 0 bridgehead atoms. The van der Waals surface area contributed by atoms with Gasteiger partial charge in [0.2, 0.25) is 11.8 Å². The fourth-order valence-corrected chi connectivity index (χ4v) is 4.82. The third kappa shape index (κ3) is 4.79. The van der Waals surface area contributed by atoms with Crippen molar-refractivity contribution in [3.63, 3.8) is 0 Å². The summed E-state index contributed by atoms with van der Waals surface area (Å²) in [4.78, 5) is 22.9. The van der Waals surface area contributed by atoms with Crippen LogP contribution in [-0.2, 0) is 25.6 Å². The van der Waals surface area contributed by atoms with E-state index in [2.05, 4.69) is 21.9 Å². The van der Waals surface area contributed by atoms with Gasteiger partial charge in [-0.25, -0.2) is 4.98 Å². The van der Waals surface area contributed by atoms with E-state index in [0.29, 0.717) is 23.7 Å². The van der Waals surface area contributed by atoms with Crippen molar-refractivity contribution in [3.8, 4) is 5.88 Å². The van der Waals surface area contributed by atoms with Crippen LogP contribution in [0, 0.1) is 5.92 Å². The number of nitrogens with two attached hydrogens (primary N) is 1. The summed E-state index contributed by atoms with van der Waals surface area (Å²) in [7, 11) is 0. The molecule has 3 N–H and O–H groups in total. The highest BCUT2D eigenvalue weighted by Crippen LogP contribution is 2.46. The maximum Gasteiger partial charge on any atom is 0.324 e. The van der Waals surface area contributed by atoms with Crippen molar-refractivity contribution < 1.29 is 23.4 Å². The van der Waals surface area contributed by atoms with Crippen LogP contribution in [0.3, 0.4) is 0 Å². The zero-order chi connectivity index (χ0) is 20.5. The van der Waals surface area contributed by atoms with Gasteiger partial charge in [0.05, 0.1) is 31.7 Å². The van der Waals surface area contributed by atoms with Crippen LogP contribution in [-0.4, -0.2) is 49.8 Å². The minimum Gasteiger partial charge on any atom is -0.476 e. The van der Waals surface area contributed by atoms with Crippen molar-refractivity contribution in [2.45, 2.75) is 52.6 Å². The average Bonchev–Trinajstić information content (AvgIpc) is 3.15. The van der Waals surface area contributed by atoms with Crippen LogP contribution in [0.4, 0.5) is 5.95 Å². The highest BCUT2D eigenvalue weighted by Gasteiger charge is 2.36. The summed E-state index contributed by atoms with van der Waals surface area (Å²) in [5, 5.41) is 0. The number of hydrogen-bond donors (Lipinski definition) is 2. The number of hydrogen-bond acceptors (Lipinski definition) is 9. The van der Waals surface area contributed by atoms with Gasteiger partial charge in [0, 0.05) is 5.92 Å². The topological polar surface area (TPSA) is 127 Å². The van der Waals surface area contributed by atoms with Crippen molar-refractivity contribution in [3.05, 3.63) is 6.33 Å². The first-order chi connectivity index (χ1) is 13.2. The van der Waals surface area contributed by atoms with Gasteiger partial charge >= 0.3 is 6.72 Å². The van der Waals surface area contributed by atoms with Gasteiger partial charge in [-0.1, -0.05) is 6.92 Å². The minimum absolute atomic E-state index is 0.107. The minimum atomic E-state index is -3.28. The summed E-state index contributed by atoms with van der Waals surface area (Å²) in [6, 6.07) is 0. The number of nitrogen functional groups attached to an aromatic ring is 1. The van der Waals surface area contributed by atoms with Crippen molar-refractivity contribution in [2.24, 2.45) is 5.92 Å². The molecule has 2 aromatic rings. The zero-order valence-electron chi connectivity index (χ0n) is 16.3. The van der Waals surface area contributed by atoms with E-state index in [0.717, 1.165) is 6.42 Å². The lowest BCUT2D eigenvalue weighted by molar-refractivity contribution is -0.0284. The number of rotatable bonds is 8. The first kappa shape index (κ1) is 21.4. The van der Waals surface area contributed by atoms with Crippen LogP contribution in [0.15, 0.2) is 6.33 Å². The Morgan fingerprint density at radius 2 is 2.21 bits per heavy atom.